The molecule has 0 radical (unpaired) electrons. The Morgan fingerprint density at radius 3 is 2.22 bits per heavy atom. The van der Waals surface area contributed by atoms with Gasteiger partial charge in [-0.3, -0.25) is 14.4 Å². The Morgan fingerprint density at radius 1 is 1.39 bits per heavy atom. The smallest absolute Gasteiger partial charge is 0.323 e. The third-order valence-corrected chi connectivity index (χ3v) is 3.22. The Balaban J connectivity index is 2.99. The van der Waals surface area contributed by atoms with Crippen LogP contribution in [0.25, 0.3) is 0 Å². The zero-order valence-corrected chi connectivity index (χ0v) is 10.5. The summed E-state index contributed by atoms with van der Waals surface area (Å²) in [7, 11) is 0. The molecule has 0 saturated carbocycles. The Labute approximate surface area is 104 Å². The number of carbonyl (C=O) groups excluding carboxylic acids is 1. The van der Waals surface area contributed by atoms with Gasteiger partial charge in [0.2, 0.25) is 5.91 Å². The summed E-state index contributed by atoms with van der Waals surface area (Å²) < 4.78 is 0. The number of hydrogen-bond acceptors (Lipinski definition) is 4. The summed E-state index contributed by atoms with van der Waals surface area (Å²) in [6, 6.07) is -0.800. The predicted octanol–water partition coefficient (Wildman–Crippen LogP) is -0.610. The second-order valence-corrected chi connectivity index (χ2v) is 5.11. The lowest BCUT2D eigenvalue weighted by molar-refractivity contribution is -0.185. The highest BCUT2D eigenvalue weighted by Gasteiger charge is 2.57. The molecule has 0 aromatic heterocycles. The van der Waals surface area contributed by atoms with E-state index in [1.54, 1.807) is 0 Å². The first-order chi connectivity index (χ1) is 8.07. The molecule has 7 nitrogen and oxygen atoms in total. The number of aliphatic hydroxyl groups is 1. The topological polar surface area (TPSA) is 115 Å². The SMILES string of the molecule is C[C@@H](C(=O)O)[C@@H]1[C@@H](C(C)(C)O)C(=O)N1CC(=O)O. The average Bonchev–Trinajstić information content (AvgIpc) is 2.18. The van der Waals surface area contributed by atoms with Gasteiger partial charge in [-0.1, -0.05) is 0 Å². The van der Waals surface area contributed by atoms with Gasteiger partial charge in [0.15, 0.2) is 0 Å². The summed E-state index contributed by atoms with van der Waals surface area (Å²) in [5, 5.41) is 27.5. The van der Waals surface area contributed by atoms with Crippen LogP contribution in [0, 0.1) is 11.8 Å². The van der Waals surface area contributed by atoms with Crippen LogP contribution in [0.5, 0.6) is 0 Å². The van der Waals surface area contributed by atoms with Crippen molar-refractivity contribution in [3.63, 3.8) is 0 Å². The maximum absolute atomic E-state index is 11.8. The first kappa shape index (κ1) is 14.4. The number of β-lactam (4-membered cyclic amide) rings is 1. The third-order valence-electron chi connectivity index (χ3n) is 3.22. The van der Waals surface area contributed by atoms with Crippen LogP contribution in [0.3, 0.4) is 0 Å². The van der Waals surface area contributed by atoms with Gasteiger partial charge in [-0.05, 0) is 20.8 Å². The van der Waals surface area contributed by atoms with Crippen LogP contribution < -0.4 is 0 Å². The van der Waals surface area contributed by atoms with Crippen LogP contribution in [-0.2, 0) is 14.4 Å². The molecule has 1 saturated heterocycles. The van der Waals surface area contributed by atoms with Gasteiger partial charge in [-0.2, -0.15) is 0 Å². The molecule has 3 atom stereocenters. The average molecular weight is 259 g/mol. The number of likely N-dealkylation sites (tertiary alicyclic amines) is 1. The standard InChI is InChI=1S/C11H17NO6/c1-5(10(16)17)8-7(11(2,3)18)9(15)12(8)4-6(13)14/h5,7-8,18H,4H2,1-3H3,(H,13,14)(H,16,17)/t5-,7-,8-/m1/s1. The number of carboxylic acids is 2. The highest BCUT2D eigenvalue weighted by atomic mass is 16.4. The fraction of sp³-hybridized carbons (Fsp3) is 0.727. The largest absolute Gasteiger partial charge is 0.481 e. The van der Waals surface area contributed by atoms with E-state index in [0.717, 1.165) is 4.90 Å². The summed E-state index contributed by atoms with van der Waals surface area (Å²) in [4.78, 5) is 34.4. The van der Waals surface area contributed by atoms with Crippen molar-refractivity contribution in [1.29, 1.82) is 0 Å². The molecule has 0 aliphatic carbocycles. The number of aliphatic carboxylic acids is 2. The van der Waals surface area contributed by atoms with E-state index in [-0.39, 0.29) is 0 Å². The van der Waals surface area contributed by atoms with Crippen LogP contribution in [0.1, 0.15) is 20.8 Å². The zero-order valence-electron chi connectivity index (χ0n) is 10.5. The first-order valence-electron chi connectivity index (χ1n) is 5.54. The fourth-order valence-corrected chi connectivity index (χ4v) is 2.32. The van der Waals surface area contributed by atoms with Crippen molar-refractivity contribution in [2.24, 2.45) is 11.8 Å². The van der Waals surface area contributed by atoms with Crippen molar-refractivity contribution in [3.8, 4) is 0 Å². The number of nitrogens with zero attached hydrogens (tertiary/aromatic N) is 1. The molecular formula is C11H17NO6. The summed E-state index contributed by atoms with van der Waals surface area (Å²) in [6.45, 7) is 3.67. The van der Waals surface area contributed by atoms with Gasteiger partial charge >= 0.3 is 11.9 Å². The summed E-state index contributed by atoms with van der Waals surface area (Å²) in [6.07, 6.45) is 0. The van der Waals surface area contributed by atoms with Crippen molar-refractivity contribution in [2.75, 3.05) is 6.54 Å². The predicted molar refractivity (Wildman–Crippen MR) is 59.7 cm³/mol. The van der Waals surface area contributed by atoms with E-state index in [2.05, 4.69) is 0 Å². The molecule has 3 N–H and O–H groups in total. The van der Waals surface area contributed by atoms with Gasteiger partial charge < -0.3 is 20.2 Å². The highest BCUT2D eigenvalue weighted by Crippen LogP contribution is 2.39. The Morgan fingerprint density at radius 2 is 1.89 bits per heavy atom. The molecule has 1 fully saturated rings. The van der Waals surface area contributed by atoms with E-state index in [1.165, 1.54) is 20.8 Å². The van der Waals surface area contributed by atoms with Crippen molar-refractivity contribution < 1.29 is 29.7 Å². The lowest BCUT2D eigenvalue weighted by atomic mass is 9.71. The van der Waals surface area contributed by atoms with Gasteiger partial charge in [0, 0.05) is 0 Å². The van der Waals surface area contributed by atoms with Crippen LogP contribution in [-0.4, -0.2) is 56.3 Å². The molecular weight excluding hydrogens is 242 g/mol. The molecule has 0 unspecified atom stereocenters. The molecule has 1 amide bonds. The number of hydrogen-bond donors (Lipinski definition) is 3. The second kappa shape index (κ2) is 4.56. The van der Waals surface area contributed by atoms with Gasteiger partial charge in [-0.15, -0.1) is 0 Å². The summed E-state index contributed by atoms with van der Waals surface area (Å²) in [5.41, 5.74) is -1.37. The molecule has 0 aromatic carbocycles. The van der Waals surface area contributed by atoms with Crippen LogP contribution >= 0.6 is 0 Å². The normalized spacial score (nSPS) is 25.6. The molecule has 0 aromatic rings. The van der Waals surface area contributed by atoms with Gasteiger partial charge in [0.05, 0.1) is 23.5 Å². The van der Waals surface area contributed by atoms with E-state index in [4.69, 9.17) is 10.2 Å². The minimum atomic E-state index is -1.37. The van der Waals surface area contributed by atoms with E-state index >= 15 is 0 Å². The second-order valence-electron chi connectivity index (χ2n) is 5.11. The van der Waals surface area contributed by atoms with Crippen LogP contribution in [0.2, 0.25) is 0 Å². The maximum atomic E-state index is 11.8. The monoisotopic (exact) mass is 259 g/mol. The van der Waals surface area contributed by atoms with E-state index < -0.39 is 47.9 Å². The summed E-state index contributed by atoms with van der Waals surface area (Å²) in [5.74, 6) is -4.68. The number of amides is 1. The van der Waals surface area contributed by atoms with Crippen molar-refractivity contribution in [3.05, 3.63) is 0 Å². The number of carbonyl (C=O) groups is 3. The Bertz CT molecular complexity index is 385. The van der Waals surface area contributed by atoms with Crippen molar-refractivity contribution in [2.45, 2.75) is 32.4 Å². The molecule has 0 bridgehead atoms. The quantitative estimate of drug-likeness (QED) is 0.567. The fourth-order valence-electron chi connectivity index (χ4n) is 2.32. The van der Waals surface area contributed by atoms with Crippen LogP contribution in [0.4, 0.5) is 0 Å². The van der Waals surface area contributed by atoms with Gasteiger partial charge in [0.25, 0.3) is 0 Å². The molecule has 1 aliphatic heterocycles. The third kappa shape index (κ3) is 2.45. The Kier molecular flexibility index (Phi) is 3.66. The minimum Gasteiger partial charge on any atom is -0.481 e. The number of rotatable bonds is 5. The molecule has 102 valence electrons. The number of carboxylic acid groups (broad SMARTS) is 2. The minimum absolute atomic E-state index is 0.525. The lowest BCUT2D eigenvalue weighted by Gasteiger charge is -2.52. The molecule has 1 rings (SSSR count). The van der Waals surface area contributed by atoms with E-state index in [0.29, 0.717) is 0 Å². The summed E-state index contributed by atoms with van der Waals surface area (Å²) >= 11 is 0. The van der Waals surface area contributed by atoms with Crippen molar-refractivity contribution >= 4 is 17.8 Å². The Hall–Kier alpha value is -1.63. The maximum Gasteiger partial charge on any atom is 0.323 e. The van der Waals surface area contributed by atoms with E-state index in [9.17, 15) is 19.5 Å². The highest BCUT2D eigenvalue weighted by molar-refractivity contribution is 5.92. The zero-order chi connectivity index (χ0) is 14.2. The molecule has 7 heteroatoms. The lowest BCUT2D eigenvalue weighted by Crippen LogP contribution is -2.70. The molecule has 0 spiro atoms. The first-order valence-corrected chi connectivity index (χ1v) is 5.54. The van der Waals surface area contributed by atoms with Gasteiger partial charge in [-0.25, -0.2) is 0 Å². The van der Waals surface area contributed by atoms with Crippen LogP contribution in [0.15, 0.2) is 0 Å². The van der Waals surface area contributed by atoms with Crippen molar-refractivity contribution in [1.82, 2.24) is 4.90 Å². The molecule has 1 aliphatic rings. The van der Waals surface area contributed by atoms with Gasteiger partial charge in [0.1, 0.15) is 6.54 Å². The molecule has 1 heterocycles. The van der Waals surface area contributed by atoms with E-state index in [1.807, 2.05) is 0 Å². The molecule has 18 heavy (non-hydrogen) atoms.